The highest BCUT2D eigenvalue weighted by atomic mass is 16.6. The van der Waals surface area contributed by atoms with Crippen molar-refractivity contribution in [2.24, 2.45) is 5.92 Å². The van der Waals surface area contributed by atoms with Crippen LogP contribution in [0.3, 0.4) is 0 Å². The van der Waals surface area contributed by atoms with E-state index in [-0.39, 0.29) is 24.2 Å². The maximum Gasteiger partial charge on any atom is 0.409 e. The first-order valence-electron chi connectivity index (χ1n) is 8.06. The third kappa shape index (κ3) is 3.10. The Labute approximate surface area is 131 Å². The Kier molecular flexibility index (Phi) is 4.64. The molecule has 5 heteroatoms. The van der Waals surface area contributed by atoms with Gasteiger partial charge >= 0.3 is 6.09 Å². The number of hydrogen-bond acceptors (Lipinski definition) is 4. The van der Waals surface area contributed by atoms with Gasteiger partial charge in [0.25, 0.3) is 0 Å². The van der Waals surface area contributed by atoms with Crippen LogP contribution in [-0.2, 0) is 11.3 Å². The topological polar surface area (TPSA) is 53.0 Å². The van der Waals surface area contributed by atoms with Gasteiger partial charge in [0.2, 0.25) is 0 Å². The highest BCUT2D eigenvalue weighted by molar-refractivity contribution is 5.68. The molecule has 5 nitrogen and oxygen atoms in total. The highest BCUT2D eigenvalue weighted by Gasteiger charge is 2.45. The molecule has 0 saturated carbocycles. The largest absolute Gasteiger partial charge is 0.450 e. The van der Waals surface area contributed by atoms with Gasteiger partial charge in [0.15, 0.2) is 0 Å². The van der Waals surface area contributed by atoms with E-state index in [4.69, 9.17) is 4.74 Å². The zero-order valence-corrected chi connectivity index (χ0v) is 13.0. The zero-order chi connectivity index (χ0) is 15.5. The molecule has 2 fully saturated rings. The van der Waals surface area contributed by atoms with Gasteiger partial charge in [-0.15, -0.1) is 0 Å². The van der Waals surface area contributed by atoms with E-state index >= 15 is 0 Å². The molecule has 1 amide bonds. The Hall–Kier alpha value is -1.59. The van der Waals surface area contributed by atoms with E-state index in [2.05, 4.69) is 17.0 Å². The summed E-state index contributed by atoms with van der Waals surface area (Å²) in [7, 11) is 0. The number of carbonyl (C=O) groups is 1. The molecular weight excluding hydrogens is 280 g/mol. The highest BCUT2D eigenvalue weighted by Crippen LogP contribution is 2.32. The van der Waals surface area contributed by atoms with Gasteiger partial charge in [0.1, 0.15) is 0 Å². The van der Waals surface area contributed by atoms with Crippen molar-refractivity contribution >= 4 is 6.09 Å². The summed E-state index contributed by atoms with van der Waals surface area (Å²) in [5.74, 6) is 0.127. The number of rotatable bonds is 3. The van der Waals surface area contributed by atoms with Crippen molar-refractivity contribution < 1.29 is 14.6 Å². The van der Waals surface area contributed by atoms with Gasteiger partial charge in [-0.2, -0.15) is 0 Å². The fourth-order valence-corrected chi connectivity index (χ4v) is 3.63. The summed E-state index contributed by atoms with van der Waals surface area (Å²) in [6.45, 7) is 5.18. The summed E-state index contributed by atoms with van der Waals surface area (Å²) in [6.07, 6.45) is 0.185. The second kappa shape index (κ2) is 6.67. The monoisotopic (exact) mass is 304 g/mol. The van der Waals surface area contributed by atoms with Crippen LogP contribution in [0.2, 0.25) is 0 Å². The minimum absolute atomic E-state index is 0.127. The first-order chi connectivity index (χ1) is 10.7. The second-order valence-corrected chi connectivity index (χ2v) is 6.15. The van der Waals surface area contributed by atoms with Gasteiger partial charge in [-0.25, -0.2) is 4.79 Å². The molecule has 0 spiro atoms. The van der Waals surface area contributed by atoms with Gasteiger partial charge in [-0.3, -0.25) is 4.90 Å². The molecule has 0 bridgehead atoms. The van der Waals surface area contributed by atoms with Gasteiger partial charge in [-0.1, -0.05) is 30.3 Å². The van der Waals surface area contributed by atoms with E-state index in [0.717, 1.165) is 19.5 Å². The maximum absolute atomic E-state index is 12.0. The minimum atomic E-state index is -0.323. The summed E-state index contributed by atoms with van der Waals surface area (Å²) in [5, 5.41) is 10.3. The summed E-state index contributed by atoms with van der Waals surface area (Å²) in [4.78, 5) is 16.1. The summed E-state index contributed by atoms with van der Waals surface area (Å²) in [6, 6.07) is 10.6. The van der Waals surface area contributed by atoms with Crippen molar-refractivity contribution in [3.8, 4) is 0 Å². The van der Waals surface area contributed by atoms with Crippen LogP contribution < -0.4 is 0 Å². The Bertz CT molecular complexity index is 508. The van der Waals surface area contributed by atoms with Crippen LogP contribution in [0.25, 0.3) is 0 Å². The van der Waals surface area contributed by atoms with Crippen LogP contribution in [0.5, 0.6) is 0 Å². The van der Waals surface area contributed by atoms with E-state index in [1.165, 1.54) is 5.56 Å². The number of fused-ring (bicyclic) bond motifs is 1. The molecule has 1 N–H and O–H groups in total. The van der Waals surface area contributed by atoms with E-state index in [1.54, 1.807) is 4.90 Å². The fourth-order valence-electron chi connectivity index (χ4n) is 3.63. The average Bonchev–Trinajstić information content (AvgIpc) is 2.98. The minimum Gasteiger partial charge on any atom is -0.450 e. The van der Waals surface area contributed by atoms with Crippen molar-refractivity contribution in [3.63, 3.8) is 0 Å². The molecule has 3 rings (SSSR count). The number of benzene rings is 1. The number of likely N-dealkylation sites (tertiary alicyclic amines) is 2. The average molecular weight is 304 g/mol. The number of ether oxygens (including phenoxy) is 1. The predicted molar refractivity (Wildman–Crippen MR) is 83.3 cm³/mol. The third-order valence-corrected chi connectivity index (χ3v) is 4.76. The lowest BCUT2D eigenvalue weighted by Crippen LogP contribution is -2.50. The van der Waals surface area contributed by atoms with Crippen LogP contribution in [-0.4, -0.2) is 59.4 Å². The van der Waals surface area contributed by atoms with Crippen LogP contribution in [0.15, 0.2) is 30.3 Å². The number of nitrogens with zero attached hydrogens (tertiary/aromatic N) is 2. The van der Waals surface area contributed by atoms with E-state index in [9.17, 15) is 9.90 Å². The summed E-state index contributed by atoms with van der Waals surface area (Å²) < 4.78 is 5.11. The Morgan fingerprint density at radius 1 is 1.32 bits per heavy atom. The maximum atomic E-state index is 12.0. The van der Waals surface area contributed by atoms with Crippen molar-refractivity contribution in [1.82, 2.24) is 9.80 Å². The Morgan fingerprint density at radius 2 is 2.09 bits per heavy atom. The molecule has 120 valence electrons. The molecule has 2 heterocycles. The lowest BCUT2D eigenvalue weighted by atomic mass is 9.89. The number of carbonyl (C=O) groups excluding carboxylic acids is 1. The van der Waals surface area contributed by atoms with Crippen LogP contribution >= 0.6 is 0 Å². The SMILES string of the molecule is CCOC(=O)N1CC2C(O)CCN(Cc3ccccc3)C2C1. The molecule has 1 aromatic rings. The molecular formula is C17H24N2O3. The van der Waals surface area contributed by atoms with E-state index in [0.29, 0.717) is 19.7 Å². The van der Waals surface area contributed by atoms with Gasteiger partial charge in [0, 0.05) is 38.1 Å². The molecule has 0 radical (unpaired) electrons. The second-order valence-electron chi connectivity index (χ2n) is 6.15. The number of aliphatic hydroxyl groups excluding tert-OH is 1. The van der Waals surface area contributed by atoms with Crippen molar-refractivity contribution in [3.05, 3.63) is 35.9 Å². The van der Waals surface area contributed by atoms with Crippen molar-refractivity contribution in [1.29, 1.82) is 0 Å². The molecule has 1 aromatic carbocycles. The number of piperidine rings is 1. The number of aliphatic hydroxyl groups is 1. The zero-order valence-electron chi connectivity index (χ0n) is 13.0. The quantitative estimate of drug-likeness (QED) is 0.923. The predicted octanol–water partition coefficient (Wildman–Crippen LogP) is 1.71. The van der Waals surface area contributed by atoms with Crippen molar-refractivity contribution in [2.45, 2.75) is 32.0 Å². The lowest BCUT2D eigenvalue weighted by molar-refractivity contribution is 0.00295. The molecule has 3 unspecified atom stereocenters. The first kappa shape index (κ1) is 15.3. The lowest BCUT2D eigenvalue weighted by Gasteiger charge is -2.39. The Morgan fingerprint density at radius 3 is 2.82 bits per heavy atom. The molecule has 3 atom stereocenters. The van der Waals surface area contributed by atoms with E-state index < -0.39 is 0 Å². The number of hydrogen-bond donors (Lipinski definition) is 1. The van der Waals surface area contributed by atoms with Gasteiger partial charge in [-0.05, 0) is 18.9 Å². The third-order valence-electron chi connectivity index (χ3n) is 4.76. The van der Waals surface area contributed by atoms with E-state index in [1.807, 2.05) is 25.1 Å². The summed E-state index contributed by atoms with van der Waals surface area (Å²) in [5.41, 5.74) is 1.27. The Balaban J connectivity index is 1.70. The standard InChI is InChI=1S/C17H24N2O3/c1-2-22-17(21)19-11-14-15(12-19)18(9-8-16(14)20)10-13-6-4-3-5-7-13/h3-7,14-16,20H,2,8-12H2,1H3. The first-order valence-corrected chi connectivity index (χ1v) is 8.06. The fraction of sp³-hybridized carbons (Fsp3) is 0.588. The van der Waals surface area contributed by atoms with Crippen LogP contribution in [0.1, 0.15) is 18.9 Å². The molecule has 22 heavy (non-hydrogen) atoms. The molecule has 2 aliphatic heterocycles. The van der Waals surface area contributed by atoms with Gasteiger partial charge in [0.05, 0.1) is 12.7 Å². The smallest absolute Gasteiger partial charge is 0.409 e. The molecule has 2 aliphatic rings. The molecule has 2 saturated heterocycles. The van der Waals surface area contributed by atoms with Crippen LogP contribution in [0, 0.1) is 5.92 Å². The van der Waals surface area contributed by atoms with Gasteiger partial charge < -0.3 is 14.7 Å². The van der Waals surface area contributed by atoms with Crippen molar-refractivity contribution in [2.75, 3.05) is 26.2 Å². The number of amides is 1. The summed E-state index contributed by atoms with van der Waals surface area (Å²) >= 11 is 0. The normalized spacial score (nSPS) is 28.5. The van der Waals surface area contributed by atoms with Crippen LogP contribution in [0.4, 0.5) is 4.79 Å². The molecule has 0 aliphatic carbocycles. The molecule has 0 aromatic heterocycles.